The van der Waals surface area contributed by atoms with E-state index in [1.54, 1.807) is 6.26 Å². The summed E-state index contributed by atoms with van der Waals surface area (Å²) in [6.07, 6.45) is 4.36. The summed E-state index contributed by atoms with van der Waals surface area (Å²) in [5.74, 6) is 1.04. The normalized spacial score (nSPS) is 21.5. The van der Waals surface area contributed by atoms with E-state index in [0.29, 0.717) is 12.6 Å². The van der Waals surface area contributed by atoms with E-state index < -0.39 is 0 Å². The minimum atomic E-state index is 0.560. The van der Waals surface area contributed by atoms with Gasteiger partial charge in [-0.25, -0.2) is 0 Å². The van der Waals surface area contributed by atoms with Crippen molar-refractivity contribution in [1.29, 1.82) is 0 Å². The number of nitrogens with zero attached hydrogens (tertiary/aromatic N) is 2. The maximum atomic E-state index is 5.58. The van der Waals surface area contributed by atoms with Gasteiger partial charge in [-0.15, -0.1) is 0 Å². The fraction of sp³-hybridized carbons (Fsp3) is 0.692. The van der Waals surface area contributed by atoms with Crippen molar-refractivity contribution in [2.45, 2.75) is 32.0 Å². The highest BCUT2D eigenvalue weighted by molar-refractivity contribution is 5.12. The molecule has 0 saturated carbocycles. The molecule has 0 bridgehead atoms. The van der Waals surface area contributed by atoms with Gasteiger partial charge in [0, 0.05) is 24.7 Å². The lowest BCUT2D eigenvalue weighted by molar-refractivity contribution is 0.189. The molecule has 0 amide bonds. The number of furan rings is 1. The summed E-state index contributed by atoms with van der Waals surface area (Å²) in [5.41, 5.74) is 6.67. The molecule has 1 atom stereocenters. The third-order valence-electron chi connectivity index (χ3n) is 3.38. The van der Waals surface area contributed by atoms with Crippen molar-refractivity contribution < 1.29 is 4.42 Å². The van der Waals surface area contributed by atoms with Crippen LogP contribution in [-0.4, -0.2) is 43.0 Å². The molecule has 4 heteroatoms. The third kappa shape index (κ3) is 3.31. The first-order valence-corrected chi connectivity index (χ1v) is 6.34. The summed E-state index contributed by atoms with van der Waals surface area (Å²) in [5, 5.41) is 0. The maximum Gasteiger partial charge on any atom is 0.118 e. The first kappa shape index (κ1) is 12.6. The minimum absolute atomic E-state index is 0.560. The van der Waals surface area contributed by atoms with E-state index in [2.05, 4.69) is 30.0 Å². The van der Waals surface area contributed by atoms with Gasteiger partial charge < -0.3 is 15.1 Å². The van der Waals surface area contributed by atoms with Crippen LogP contribution in [0.25, 0.3) is 0 Å². The standard InChI is InChI=1S/C13H23N3O/c1-15(2)8-12-4-3-5-16(12)9-13-6-11(7-14)10-17-13/h6,10,12H,3-5,7-9,14H2,1-2H3. The Balaban J connectivity index is 1.92. The molecule has 17 heavy (non-hydrogen) atoms. The Kier molecular flexibility index (Phi) is 4.20. The fourth-order valence-corrected chi connectivity index (χ4v) is 2.55. The molecule has 0 aliphatic carbocycles. The lowest BCUT2D eigenvalue weighted by atomic mass is 10.2. The van der Waals surface area contributed by atoms with Crippen LogP contribution in [0.15, 0.2) is 16.7 Å². The van der Waals surface area contributed by atoms with Crippen LogP contribution in [0.1, 0.15) is 24.2 Å². The average molecular weight is 237 g/mol. The number of likely N-dealkylation sites (N-methyl/N-ethyl adjacent to an activating group) is 1. The first-order chi connectivity index (χ1) is 8.19. The van der Waals surface area contributed by atoms with Gasteiger partial charge >= 0.3 is 0 Å². The zero-order valence-electron chi connectivity index (χ0n) is 10.9. The van der Waals surface area contributed by atoms with Gasteiger partial charge in [-0.05, 0) is 39.5 Å². The summed E-state index contributed by atoms with van der Waals surface area (Å²) in [6.45, 7) is 3.78. The van der Waals surface area contributed by atoms with Gasteiger partial charge in [0.25, 0.3) is 0 Å². The predicted octanol–water partition coefficient (Wildman–Crippen LogP) is 1.26. The Morgan fingerprint density at radius 3 is 3.00 bits per heavy atom. The molecule has 1 aliphatic rings. The topological polar surface area (TPSA) is 45.6 Å². The number of rotatable bonds is 5. The van der Waals surface area contributed by atoms with E-state index in [1.807, 2.05) is 0 Å². The molecule has 96 valence electrons. The van der Waals surface area contributed by atoms with Gasteiger partial charge in [-0.3, -0.25) is 4.90 Å². The zero-order valence-corrected chi connectivity index (χ0v) is 10.9. The number of hydrogen-bond donors (Lipinski definition) is 1. The van der Waals surface area contributed by atoms with Crippen molar-refractivity contribution in [3.8, 4) is 0 Å². The molecule has 2 rings (SSSR count). The molecule has 1 fully saturated rings. The first-order valence-electron chi connectivity index (χ1n) is 6.34. The van der Waals surface area contributed by atoms with Crippen molar-refractivity contribution in [3.05, 3.63) is 23.7 Å². The molecule has 1 aliphatic heterocycles. The van der Waals surface area contributed by atoms with Crippen LogP contribution in [0, 0.1) is 0 Å². The van der Waals surface area contributed by atoms with Gasteiger partial charge in [0.2, 0.25) is 0 Å². The second kappa shape index (κ2) is 5.67. The molecule has 1 aromatic heterocycles. The second-order valence-corrected chi connectivity index (χ2v) is 5.15. The molecule has 0 spiro atoms. The van der Waals surface area contributed by atoms with Crippen LogP contribution in [0.3, 0.4) is 0 Å². The van der Waals surface area contributed by atoms with Crippen molar-refractivity contribution >= 4 is 0 Å². The second-order valence-electron chi connectivity index (χ2n) is 5.15. The molecule has 4 nitrogen and oxygen atoms in total. The van der Waals surface area contributed by atoms with E-state index in [4.69, 9.17) is 10.2 Å². The molecule has 2 N–H and O–H groups in total. The Morgan fingerprint density at radius 1 is 1.53 bits per heavy atom. The maximum absolute atomic E-state index is 5.58. The van der Waals surface area contributed by atoms with Gasteiger partial charge in [0.15, 0.2) is 0 Å². The molecule has 1 unspecified atom stereocenters. The molecule has 0 radical (unpaired) electrons. The van der Waals surface area contributed by atoms with E-state index in [9.17, 15) is 0 Å². The molecule has 1 saturated heterocycles. The van der Waals surface area contributed by atoms with Crippen LogP contribution in [0.5, 0.6) is 0 Å². The lowest BCUT2D eigenvalue weighted by Gasteiger charge is -2.26. The molecule has 1 aromatic rings. The summed E-state index contributed by atoms with van der Waals surface area (Å²) >= 11 is 0. The molecular formula is C13H23N3O. The predicted molar refractivity (Wildman–Crippen MR) is 68.6 cm³/mol. The van der Waals surface area contributed by atoms with Crippen molar-refractivity contribution in [1.82, 2.24) is 9.80 Å². The summed E-state index contributed by atoms with van der Waals surface area (Å²) < 4.78 is 5.54. The van der Waals surface area contributed by atoms with E-state index in [-0.39, 0.29) is 0 Å². The highest BCUT2D eigenvalue weighted by Crippen LogP contribution is 2.21. The Bertz CT molecular complexity index is 348. The van der Waals surface area contributed by atoms with E-state index >= 15 is 0 Å². The summed E-state index contributed by atoms with van der Waals surface area (Å²) in [4.78, 5) is 4.77. The summed E-state index contributed by atoms with van der Waals surface area (Å²) in [6, 6.07) is 2.74. The minimum Gasteiger partial charge on any atom is -0.468 e. The molecule has 0 aromatic carbocycles. The van der Waals surface area contributed by atoms with E-state index in [0.717, 1.165) is 24.4 Å². The van der Waals surface area contributed by atoms with Crippen LogP contribution in [-0.2, 0) is 13.1 Å². The smallest absolute Gasteiger partial charge is 0.118 e. The van der Waals surface area contributed by atoms with Gasteiger partial charge in [0.1, 0.15) is 5.76 Å². The highest BCUT2D eigenvalue weighted by Gasteiger charge is 2.25. The number of likely N-dealkylation sites (tertiary alicyclic amines) is 1. The van der Waals surface area contributed by atoms with Gasteiger partial charge in [-0.2, -0.15) is 0 Å². The number of hydrogen-bond acceptors (Lipinski definition) is 4. The quantitative estimate of drug-likeness (QED) is 0.837. The Morgan fingerprint density at radius 2 is 2.35 bits per heavy atom. The molecule has 2 heterocycles. The number of nitrogens with two attached hydrogens (primary N) is 1. The zero-order chi connectivity index (χ0) is 12.3. The molecular weight excluding hydrogens is 214 g/mol. The lowest BCUT2D eigenvalue weighted by Crippen LogP contribution is -2.36. The van der Waals surface area contributed by atoms with Crippen LogP contribution < -0.4 is 5.73 Å². The van der Waals surface area contributed by atoms with Gasteiger partial charge in [0.05, 0.1) is 12.8 Å². The average Bonchev–Trinajstić information content (AvgIpc) is 2.89. The Labute approximate surface area is 103 Å². The van der Waals surface area contributed by atoms with Crippen LogP contribution in [0.4, 0.5) is 0 Å². The van der Waals surface area contributed by atoms with E-state index in [1.165, 1.54) is 19.4 Å². The largest absolute Gasteiger partial charge is 0.468 e. The SMILES string of the molecule is CN(C)CC1CCCN1Cc1cc(CN)co1. The van der Waals surface area contributed by atoms with Gasteiger partial charge in [-0.1, -0.05) is 0 Å². The monoisotopic (exact) mass is 237 g/mol. The highest BCUT2D eigenvalue weighted by atomic mass is 16.3. The van der Waals surface area contributed by atoms with Crippen molar-refractivity contribution in [2.24, 2.45) is 5.73 Å². The fourth-order valence-electron chi connectivity index (χ4n) is 2.55. The van der Waals surface area contributed by atoms with Crippen molar-refractivity contribution in [3.63, 3.8) is 0 Å². The third-order valence-corrected chi connectivity index (χ3v) is 3.38. The summed E-state index contributed by atoms with van der Waals surface area (Å²) in [7, 11) is 4.27. The van der Waals surface area contributed by atoms with Crippen LogP contribution >= 0.6 is 0 Å². The Hall–Kier alpha value is -0.840. The van der Waals surface area contributed by atoms with Crippen LogP contribution in [0.2, 0.25) is 0 Å². The van der Waals surface area contributed by atoms with Crippen molar-refractivity contribution in [2.75, 3.05) is 27.2 Å².